The van der Waals surface area contributed by atoms with Crippen LogP contribution in [-0.4, -0.2) is 16.3 Å². The van der Waals surface area contributed by atoms with Crippen molar-refractivity contribution in [3.05, 3.63) is 99.1 Å². The van der Waals surface area contributed by atoms with Gasteiger partial charge in [-0.25, -0.2) is 0 Å². The summed E-state index contributed by atoms with van der Waals surface area (Å²) < 4.78 is 1.78. The summed E-state index contributed by atoms with van der Waals surface area (Å²) in [6.07, 6.45) is 0. The molecule has 150 valence electrons. The molecule has 7 heteroatoms. The van der Waals surface area contributed by atoms with Crippen molar-refractivity contribution in [1.29, 1.82) is 0 Å². The quantitative estimate of drug-likeness (QED) is 0.276. The minimum Gasteiger partial charge on any atom is -0.327 e. The summed E-state index contributed by atoms with van der Waals surface area (Å²) in [5, 5.41) is 4.38. The van der Waals surface area contributed by atoms with E-state index in [0.29, 0.717) is 33.2 Å². The summed E-state index contributed by atoms with van der Waals surface area (Å²) in [5.74, 6) is -1.50. The van der Waals surface area contributed by atoms with Gasteiger partial charge < -0.3 is 9.88 Å². The van der Waals surface area contributed by atoms with Crippen molar-refractivity contribution in [3.63, 3.8) is 0 Å². The molecule has 1 amide bonds. The number of hydrogen-bond donors (Lipinski definition) is 1. The molecule has 0 atom stereocenters. The van der Waals surface area contributed by atoms with Crippen molar-refractivity contribution >= 4 is 63.1 Å². The van der Waals surface area contributed by atoms with Gasteiger partial charge in [0.05, 0.1) is 11.1 Å². The molecule has 0 saturated carbocycles. The van der Waals surface area contributed by atoms with Gasteiger partial charge in [-0.1, -0.05) is 65.1 Å². The van der Waals surface area contributed by atoms with Gasteiger partial charge >= 0.3 is 0 Å². The number of ketones is 1. The van der Waals surface area contributed by atoms with Crippen LogP contribution in [0.1, 0.15) is 15.9 Å². The van der Waals surface area contributed by atoms with Crippen LogP contribution in [0.2, 0.25) is 15.2 Å². The Bertz CT molecular complexity index is 1250. The van der Waals surface area contributed by atoms with Gasteiger partial charge in [0.1, 0.15) is 5.15 Å². The molecule has 30 heavy (non-hydrogen) atoms. The Morgan fingerprint density at radius 1 is 0.833 bits per heavy atom. The van der Waals surface area contributed by atoms with E-state index < -0.39 is 11.7 Å². The molecule has 0 spiro atoms. The average Bonchev–Trinajstić information content (AvgIpc) is 3.00. The van der Waals surface area contributed by atoms with Crippen LogP contribution in [0, 0.1) is 0 Å². The van der Waals surface area contributed by atoms with E-state index in [2.05, 4.69) is 5.32 Å². The normalized spacial score (nSPS) is 10.9. The van der Waals surface area contributed by atoms with Crippen molar-refractivity contribution in [2.75, 3.05) is 5.32 Å². The zero-order valence-corrected chi connectivity index (χ0v) is 17.8. The summed E-state index contributed by atoms with van der Waals surface area (Å²) >= 11 is 18.8. The molecule has 0 bridgehead atoms. The Kier molecular flexibility index (Phi) is 5.82. The van der Waals surface area contributed by atoms with Gasteiger partial charge in [0, 0.05) is 27.7 Å². The number of aromatic nitrogens is 1. The molecule has 4 aromatic rings. The van der Waals surface area contributed by atoms with Crippen molar-refractivity contribution in [2.24, 2.45) is 0 Å². The third kappa shape index (κ3) is 4.08. The van der Waals surface area contributed by atoms with E-state index in [1.54, 1.807) is 59.2 Å². The number of para-hydroxylation sites is 1. The van der Waals surface area contributed by atoms with Gasteiger partial charge in [0.2, 0.25) is 0 Å². The van der Waals surface area contributed by atoms with Crippen molar-refractivity contribution in [1.82, 2.24) is 4.57 Å². The van der Waals surface area contributed by atoms with Gasteiger partial charge in [-0.3, -0.25) is 9.59 Å². The summed E-state index contributed by atoms with van der Waals surface area (Å²) in [5.41, 5.74) is 2.29. The van der Waals surface area contributed by atoms with E-state index in [0.717, 1.165) is 5.56 Å². The lowest BCUT2D eigenvalue weighted by molar-refractivity contribution is -0.112. The standard InChI is InChI=1S/C23H15Cl3N2O2/c24-15-8-6-14(7-9-15)13-28-19-11-10-16(25)12-18(19)20(22(28)26)21(29)23(30)27-17-4-2-1-3-5-17/h1-12H,13H2,(H,27,30). The van der Waals surface area contributed by atoms with E-state index in [-0.39, 0.29) is 10.7 Å². The highest BCUT2D eigenvalue weighted by atomic mass is 35.5. The lowest BCUT2D eigenvalue weighted by Gasteiger charge is -2.08. The van der Waals surface area contributed by atoms with Crippen LogP contribution in [0.15, 0.2) is 72.8 Å². The van der Waals surface area contributed by atoms with Crippen LogP contribution >= 0.6 is 34.8 Å². The van der Waals surface area contributed by atoms with Crippen molar-refractivity contribution in [2.45, 2.75) is 6.54 Å². The number of benzene rings is 3. The van der Waals surface area contributed by atoms with Gasteiger partial charge in [-0.05, 0) is 48.0 Å². The molecule has 0 aliphatic carbocycles. The zero-order valence-electron chi connectivity index (χ0n) is 15.5. The number of nitrogens with zero attached hydrogens (tertiary/aromatic N) is 1. The molecule has 3 aromatic carbocycles. The molecule has 0 unspecified atom stereocenters. The van der Waals surface area contributed by atoms with Crippen LogP contribution in [0.25, 0.3) is 10.9 Å². The predicted molar refractivity (Wildman–Crippen MR) is 122 cm³/mol. The maximum absolute atomic E-state index is 13.0. The number of fused-ring (bicyclic) bond motifs is 1. The Morgan fingerprint density at radius 3 is 2.20 bits per heavy atom. The Balaban J connectivity index is 1.76. The van der Waals surface area contributed by atoms with Crippen LogP contribution in [-0.2, 0) is 11.3 Å². The molecule has 0 saturated heterocycles. The molecule has 0 fully saturated rings. The first-order chi connectivity index (χ1) is 14.4. The number of amides is 1. The number of carbonyl (C=O) groups excluding carboxylic acids is 2. The minimum absolute atomic E-state index is 0.122. The number of nitrogens with one attached hydrogen (secondary N) is 1. The SMILES string of the molecule is O=C(Nc1ccccc1)C(=O)c1c(Cl)n(Cc2ccc(Cl)cc2)c2ccc(Cl)cc12. The molecule has 1 aromatic heterocycles. The third-order valence-corrected chi connectivity index (χ3v) is 5.56. The summed E-state index contributed by atoms with van der Waals surface area (Å²) in [4.78, 5) is 25.7. The third-order valence-electron chi connectivity index (χ3n) is 4.68. The molecule has 4 rings (SSSR count). The van der Waals surface area contributed by atoms with Gasteiger partial charge in [-0.2, -0.15) is 0 Å². The van der Waals surface area contributed by atoms with Crippen molar-refractivity contribution < 1.29 is 9.59 Å². The lowest BCUT2D eigenvalue weighted by Crippen LogP contribution is -2.23. The number of rotatable bonds is 5. The topological polar surface area (TPSA) is 51.1 Å². The van der Waals surface area contributed by atoms with Gasteiger partial charge in [0.25, 0.3) is 11.7 Å². The molecule has 4 nitrogen and oxygen atoms in total. The monoisotopic (exact) mass is 456 g/mol. The maximum Gasteiger partial charge on any atom is 0.296 e. The summed E-state index contributed by atoms with van der Waals surface area (Å²) in [6.45, 7) is 0.404. The Labute approximate surface area is 188 Å². The van der Waals surface area contributed by atoms with E-state index in [4.69, 9.17) is 34.8 Å². The first kappa shape index (κ1) is 20.5. The zero-order chi connectivity index (χ0) is 21.3. The summed E-state index contributed by atoms with van der Waals surface area (Å²) in [6, 6.07) is 21.2. The molecule has 0 radical (unpaired) electrons. The Morgan fingerprint density at radius 2 is 1.50 bits per heavy atom. The van der Waals surface area contributed by atoms with E-state index >= 15 is 0 Å². The molecular weight excluding hydrogens is 443 g/mol. The molecule has 0 aliphatic heterocycles. The second-order valence-corrected chi connectivity index (χ2v) is 7.92. The van der Waals surface area contributed by atoms with Gasteiger partial charge in [0.15, 0.2) is 0 Å². The van der Waals surface area contributed by atoms with Crippen LogP contribution < -0.4 is 5.32 Å². The maximum atomic E-state index is 13.0. The van der Waals surface area contributed by atoms with E-state index in [1.165, 1.54) is 0 Å². The Hall–Kier alpha value is -2.79. The lowest BCUT2D eigenvalue weighted by atomic mass is 10.1. The number of Topliss-reactive ketones (excluding diaryl/α,β-unsaturated/α-hetero) is 1. The molecular formula is C23H15Cl3N2O2. The fourth-order valence-electron chi connectivity index (χ4n) is 3.26. The summed E-state index contributed by atoms with van der Waals surface area (Å²) in [7, 11) is 0. The second kappa shape index (κ2) is 8.52. The van der Waals surface area contributed by atoms with Crippen LogP contribution in [0.3, 0.4) is 0 Å². The molecule has 0 aliphatic rings. The van der Waals surface area contributed by atoms with Crippen LogP contribution in [0.5, 0.6) is 0 Å². The first-order valence-electron chi connectivity index (χ1n) is 9.06. The van der Waals surface area contributed by atoms with Crippen molar-refractivity contribution in [3.8, 4) is 0 Å². The number of halogens is 3. The molecule has 1 heterocycles. The predicted octanol–water partition coefficient (Wildman–Crippen LogP) is 6.47. The minimum atomic E-state index is -0.770. The number of carbonyl (C=O) groups is 2. The van der Waals surface area contributed by atoms with E-state index in [9.17, 15) is 9.59 Å². The number of hydrogen-bond acceptors (Lipinski definition) is 2. The average molecular weight is 458 g/mol. The smallest absolute Gasteiger partial charge is 0.296 e. The fraction of sp³-hybridized carbons (Fsp3) is 0.0435. The highest BCUT2D eigenvalue weighted by Gasteiger charge is 2.26. The van der Waals surface area contributed by atoms with Crippen LogP contribution in [0.4, 0.5) is 5.69 Å². The fourth-order valence-corrected chi connectivity index (χ4v) is 3.90. The van der Waals surface area contributed by atoms with Gasteiger partial charge in [-0.15, -0.1) is 0 Å². The largest absolute Gasteiger partial charge is 0.327 e. The number of anilines is 1. The second-order valence-electron chi connectivity index (χ2n) is 6.69. The highest BCUT2D eigenvalue weighted by molar-refractivity contribution is 6.52. The highest BCUT2D eigenvalue weighted by Crippen LogP contribution is 2.33. The van der Waals surface area contributed by atoms with E-state index in [1.807, 2.05) is 18.2 Å². The molecule has 1 N–H and O–H groups in total. The first-order valence-corrected chi connectivity index (χ1v) is 10.2.